The summed E-state index contributed by atoms with van der Waals surface area (Å²) in [4.78, 5) is 0.115. The molecule has 0 unspecified atom stereocenters. The third-order valence-corrected chi connectivity index (χ3v) is 6.54. The number of hydrogen-bond donors (Lipinski definition) is 3. The van der Waals surface area contributed by atoms with Gasteiger partial charge in [0.05, 0.1) is 4.90 Å². The van der Waals surface area contributed by atoms with E-state index in [1.54, 1.807) is 0 Å². The van der Waals surface area contributed by atoms with E-state index in [1.807, 2.05) is 0 Å². The molecule has 0 bridgehead atoms. The first-order chi connectivity index (χ1) is 10.7. The summed E-state index contributed by atoms with van der Waals surface area (Å²) in [6.45, 7) is 1.58. The van der Waals surface area contributed by atoms with E-state index in [1.165, 1.54) is 38.4 Å². The molecule has 10 heteroatoms. The normalized spacial score (nSPS) is 17.3. The lowest BCUT2D eigenvalue weighted by atomic mass is 10.1. The van der Waals surface area contributed by atoms with Crippen LogP contribution in [0.4, 0.5) is 5.69 Å². The van der Waals surface area contributed by atoms with Crippen LogP contribution in [0.3, 0.4) is 0 Å². The van der Waals surface area contributed by atoms with Gasteiger partial charge in [-0.15, -0.1) is 0 Å². The van der Waals surface area contributed by atoms with Gasteiger partial charge in [0, 0.05) is 25.8 Å². The molecule has 0 saturated carbocycles. The molecule has 0 amide bonds. The Morgan fingerprint density at radius 3 is 2.13 bits per heavy atom. The standard InChI is InChI=1S/C13H22N4O4S2/c1-17(2)23(20,21)16-11-3-5-13(6-4-11)22(18,19)15-12-7-9-14-10-8-12/h3-6,12,14-16H,7-10H2,1-2H3. The lowest BCUT2D eigenvalue weighted by Crippen LogP contribution is -2.42. The van der Waals surface area contributed by atoms with E-state index >= 15 is 0 Å². The van der Waals surface area contributed by atoms with E-state index in [-0.39, 0.29) is 10.9 Å². The van der Waals surface area contributed by atoms with Crippen LogP contribution in [0.5, 0.6) is 0 Å². The Labute approximate surface area is 137 Å². The van der Waals surface area contributed by atoms with Crippen LogP contribution in [0.25, 0.3) is 0 Å². The van der Waals surface area contributed by atoms with Gasteiger partial charge in [0.2, 0.25) is 10.0 Å². The molecule has 0 aromatic heterocycles. The number of rotatable bonds is 6. The molecule has 2 rings (SSSR count). The molecule has 130 valence electrons. The summed E-state index contributed by atoms with van der Waals surface area (Å²) in [5, 5.41) is 3.17. The predicted octanol–water partition coefficient (Wildman–Crippen LogP) is -0.0648. The number of nitrogens with zero attached hydrogens (tertiary/aromatic N) is 1. The zero-order chi connectivity index (χ0) is 17.1. The summed E-state index contributed by atoms with van der Waals surface area (Å²) in [5.74, 6) is 0. The van der Waals surface area contributed by atoms with Crippen LogP contribution in [-0.2, 0) is 20.2 Å². The summed E-state index contributed by atoms with van der Waals surface area (Å²) >= 11 is 0. The Morgan fingerprint density at radius 1 is 1.04 bits per heavy atom. The maximum absolute atomic E-state index is 12.3. The number of anilines is 1. The van der Waals surface area contributed by atoms with Crippen LogP contribution in [0.2, 0.25) is 0 Å². The number of piperidine rings is 1. The second kappa shape index (κ2) is 7.14. The smallest absolute Gasteiger partial charge is 0.301 e. The lowest BCUT2D eigenvalue weighted by molar-refractivity contribution is 0.427. The van der Waals surface area contributed by atoms with E-state index < -0.39 is 20.2 Å². The molecule has 1 saturated heterocycles. The molecule has 3 N–H and O–H groups in total. The minimum atomic E-state index is -3.61. The van der Waals surface area contributed by atoms with E-state index in [9.17, 15) is 16.8 Å². The van der Waals surface area contributed by atoms with Crippen LogP contribution in [0, 0.1) is 0 Å². The quantitative estimate of drug-likeness (QED) is 0.657. The molecule has 1 aromatic carbocycles. The van der Waals surface area contributed by atoms with Crippen LogP contribution in [0.15, 0.2) is 29.2 Å². The lowest BCUT2D eigenvalue weighted by Gasteiger charge is -2.23. The minimum Gasteiger partial charge on any atom is -0.317 e. The highest BCUT2D eigenvalue weighted by molar-refractivity contribution is 7.90. The first kappa shape index (κ1) is 18.1. The molecular formula is C13H22N4O4S2. The maximum Gasteiger partial charge on any atom is 0.301 e. The van der Waals surface area contributed by atoms with Gasteiger partial charge in [-0.2, -0.15) is 12.7 Å². The van der Waals surface area contributed by atoms with E-state index in [0.717, 1.165) is 30.2 Å². The number of benzene rings is 1. The minimum absolute atomic E-state index is 0.0758. The highest BCUT2D eigenvalue weighted by atomic mass is 32.2. The maximum atomic E-state index is 12.3. The fourth-order valence-corrected chi connectivity index (χ4v) is 4.09. The molecule has 8 nitrogen and oxygen atoms in total. The Kier molecular flexibility index (Phi) is 5.63. The van der Waals surface area contributed by atoms with Crippen molar-refractivity contribution in [1.82, 2.24) is 14.3 Å². The van der Waals surface area contributed by atoms with Crippen LogP contribution >= 0.6 is 0 Å². The van der Waals surface area contributed by atoms with Crippen molar-refractivity contribution in [2.75, 3.05) is 31.9 Å². The third kappa shape index (κ3) is 4.88. The first-order valence-electron chi connectivity index (χ1n) is 7.24. The van der Waals surface area contributed by atoms with Crippen LogP contribution in [-0.4, -0.2) is 54.4 Å². The van der Waals surface area contributed by atoms with Gasteiger partial charge in [-0.3, -0.25) is 4.72 Å². The Bertz CT molecular complexity index is 724. The molecule has 1 aliphatic rings. The van der Waals surface area contributed by atoms with Gasteiger partial charge in [0.1, 0.15) is 0 Å². The van der Waals surface area contributed by atoms with Gasteiger partial charge < -0.3 is 5.32 Å². The molecule has 0 spiro atoms. The van der Waals surface area contributed by atoms with Gasteiger partial charge >= 0.3 is 10.2 Å². The summed E-state index contributed by atoms with van der Waals surface area (Å²) in [6, 6.07) is 5.55. The van der Waals surface area contributed by atoms with Crippen molar-refractivity contribution in [3.05, 3.63) is 24.3 Å². The Morgan fingerprint density at radius 2 is 1.61 bits per heavy atom. The number of nitrogens with one attached hydrogen (secondary N) is 3. The topological polar surface area (TPSA) is 108 Å². The molecule has 23 heavy (non-hydrogen) atoms. The number of hydrogen-bond acceptors (Lipinski definition) is 5. The Hall–Kier alpha value is -1.20. The van der Waals surface area contributed by atoms with Crippen molar-refractivity contribution in [3.63, 3.8) is 0 Å². The summed E-state index contributed by atoms with van der Waals surface area (Å²) in [7, 11) is -4.40. The largest absolute Gasteiger partial charge is 0.317 e. The molecule has 0 atom stereocenters. The van der Waals surface area contributed by atoms with E-state index in [2.05, 4.69) is 14.8 Å². The third-order valence-electron chi connectivity index (χ3n) is 3.55. The van der Waals surface area contributed by atoms with E-state index in [0.29, 0.717) is 5.69 Å². The van der Waals surface area contributed by atoms with Crippen molar-refractivity contribution in [2.45, 2.75) is 23.8 Å². The van der Waals surface area contributed by atoms with Gasteiger partial charge in [0.15, 0.2) is 0 Å². The van der Waals surface area contributed by atoms with Gasteiger partial charge in [-0.1, -0.05) is 0 Å². The van der Waals surface area contributed by atoms with Gasteiger partial charge in [0.25, 0.3) is 0 Å². The van der Waals surface area contributed by atoms with Gasteiger partial charge in [-0.25, -0.2) is 13.1 Å². The average molecular weight is 362 g/mol. The van der Waals surface area contributed by atoms with Crippen molar-refractivity contribution in [3.8, 4) is 0 Å². The average Bonchev–Trinajstić information content (AvgIpc) is 2.48. The molecular weight excluding hydrogens is 340 g/mol. The highest BCUT2D eigenvalue weighted by Gasteiger charge is 2.22. The fraction of sp³-hybridized carbons (Fsp3) is 0.538. The van der Waals surface area contributed by atoms with Gasteiger partial charge in [-0.05, 0) is 50.2 Å². The van der Waals surface area contributed by atoms with E-state index in [4.69, 9.17) is 0 Å². The SMILES string of the molecule is CN(C)S(=O)(=O)Nc1ccc(S(=O)(=O)NC2CCNCC2)cc1. The zero-order valence-electron chi connectivity index (χ0n) is 13.1. The van der Waals surface area contributed by atoms with Crippen LogP contribution < -0.4 is 14.8 Å². The summed E-state index contributed by atoms with van der Waals surface area (Å²) in [5.41, 5.74) is 0.305. The fourth-order valence-electron chi connectivity index (χ4n) is 2.17. The van der Waals surface area contributed by atoms with Crippen molar-refractivity contribution < 1.29 is 16.8 Å². The molecule has 0 aliphatic carbocycles. The molecule has 1 heterocycles. The van der Waals surface area contributed by atoms with Crippen molar-refractivity contribution >= 4 is 25.9 Å². The van der Waals surface area contributed by atoms with Crippen LogP contribution in [0.1, 0.15) is 12.8 Å². The molecule has 0 radical (unpaired) electrons. The molecule has 1 aliphatic heterocycles. The second-order valence-electron chi connectivity index (χ2n) is 5.56. The monoisotopic (exact) mass is 362 g/mol. The summed E-state index contributed by atoms with van der Waals surface area (Å²) in [6.07, 6.45) is 1.50. The first-order valence-corrected chi connectivity index (χ1v) is 10.2. The second-order valence-corrected chi connectivity index (χ2v) is 9.16. The molecule has 1 fully saturated rings. The zero-order valence-corrected chi connectivity index (χ0v) is 14.7. The Balaban J connectivity index is 2.09. The number of sulfonamides is 1. The highest BCUT2D eigenvalue weighted by Crippen LogP contribution is 2.17. The molecule has 1 aromatic rings. The van der Waals surface area contributed by atoms with Crippen molar-refractivity contribution in [1.29, 1.82) is 0 Å². The van der Waals surface area contributed by atoms with Crippen molar-refractivity contribution in [2.24, 2.45) is 0 Å². The predicted molar refractivity (Wildman–Crippen MR) is 88.9 cm³/mol. The summed E-state index contributed by atoms with van der Waals surface area (Å²) < 4.78 is 54.2.